The smallest absolute Gasteiger partial charge is 0.417 e. The lowest BCUT2D eigenvalue weighted by Crippen LogP contribution is -2.41. The number of urea groups is 1. The number of benzene rings is 2. The molecule has 3 amide bonds. The second kappa shape index (κ2) is 14.0. The first-order valence-electron chi connectivity index (χ1n) is 15.7. The van der Waals surface area contributed by atoms with Crippen LogP contribution >= 0.6 is 0 Å². The van der Waals surface area contributed by atoms with Crippen LogP contribution in [0, 0.1) is 0 Å². The molecule has 4 rings (SSSR count). The van der Waals surface area contributed by atoms with Gasteiger partial charge in [0.1, 0.15) is 16.9 Å². The Morgan fingerprint density at radius 2 is 1.62 bits per heavy atom. The molecule has 0 spiro atoms. The maximum absolute atomic E-state index is 13.9. The van der Waals surface area contributed by atoms with Gasteiger partial charge in [-0.1, -0.05) is 38.8 Å². The Morgan fingerprint density at radius 1 is 0.956 bits per heavy atom. The number of ether oxygens (including phenoxy) is 1. The molecule has 244 valence electrons. The van der Waals surface area contributed by atoms with Crippen molar-refractivity contribution in [2.45, 2.75) is 84.9 Å². The van der Waals surface area contributed by atoms with Crippen molar-refractivity contribution in [1.82, 2.24) is 10.2 Å². The molecule has 2 aromatic carbocycles. The minimum Gasteiger partial charge on any atom is -0.493 e. The summed E-state index contributed by atoms with van der Waals surface area (Å²) in [7, 11) is 0. The van der Waals surface area contributed by atoms with Crippen LogP contribution < -0.4 is 20.6 Å². The summed E-state index contributed by atoms with van der Waals surface area (Å²) in [4.78, 5) is 41.8. The number of imide groups is 1. The van der Waals surface area contributed by atoms with E-state index in [4.69, 9.17) is 9.15 Å². The number of nitrogens with zero attached hydrogens (tertiary/aromatic N) is 2. The molecule has 11 heteroatoms. The Kier molecular flexibility index (Phi) is 10.5. The lowest BCUT2D eigenvalue weighted by Gasteiger charge is -2.25. The van der Waals surface area contributed by atoms with Crippen LogP contribution in [0.5, 0.6) is 5.75 Å². The fourth-order valence-electron chi connectivity index (χ4n) is 5.99. The number of nitrogens with one attached hydrogen (secondary N) is 1. The van der Waals surface area contributed by atoms with Gasteiger partial charge in [0.05, 0.1) is 12.2 Å². The molecular formula is C34H42F3N3O5. The number of alkyl halides is 3. The zero-order valence-electron chi connectivity index (χ0n) is 26.6. The molecule has 1 saturated heterocycles. The fourth-order valence-corrected chi connectivity index (χ4v) is 5.99. The second-order valence-corrected chi connectivity index (χ2v) is 11.5. The topological polar surface area (TPSA) is 92.1 Å². The molecule has 3 aromatic rings. The minimum absolute atomic E-state index is 0.102. The van der Waals surface area contributed by atoms with Crippen LogP contribution in [-0.4, -0.2) is 43.1 Å². The molecule has 1 atom stereocenters. The number of anilines is 1. The van der Waals surface area contributed by atoms with Gasteiger partial charge in [-0.2, -0.15) is 13.2 Å². The van der Waals surface area contributed by atoms with Gasteiger partial charge in [-0.05, 0) is 75.8 Å². The first kappa shape index (κ1) is 33.9. The van der Waals surface area contributed by atoms with E-state index in [1.54, 1.807) is 6.92 Å². The van der Waals surface area contributed by atoms with Crippen LogP contribution in [0.4, 0.5) is 23.7 Å². The number of halogens is 3. The summed E-state index contributed by atoms with van der Waals surface area (Å²) in [6.07, 6.45) is -1.65. The van der Waals surface area contributed by atoms with Gasteiger partial charge < -0.3 is 19.4 Å². The maximum Gasteiger partial charge on any atom is 0.417 e. The highest BCUT2D eigenvalue weighted by atomic mass is 19.4. The third-order valence-corrected chi connectivity index (χ3v) is 8.35. The minimum atomic E-state index is -4.71. The van der Waals surface area contributed by atoms with E-state index in [1.165, 1.54) is 11.0 Å². The Hall–Kier alpha value is -4.02. The zero-order valence-corrected chi connectivity index (χ0v) is 26.6. The highest BCUT2D eigenvalue weighted by molar-refractivity contribution is 6.07. The van der Waals surface area contributed by atoms with Crippen LogP contribution in [0.25, 0.3) is 11.0 Å². The van der Waals surface area contributed by atoms with Crippen molar-refractivity contribution < 1.29 is 31.9 Å². The summed E-state index contributed by atoms with van der Waals surface area (Å²) in [6, 6.07) is 9.10. The number of fused-ring (bicyclic) bond motifs is 1. The third kappa shape index (κ3) is 6.97. The summed E-state index contributed by atoms with van der Waals surface area (Å²) in [6.45, 7) is 11.8. The standard InChI is InChI=1S/C34H42F3N3O5/c1-6-12-22-20-26-27(34(35,36)37)21-28(41)45-30(26)25(13-7-2)29(22)44-19-11-10-18-40-31(42)33(5,38-32(40)43)23-14-16-24(17-15-23)39(8-3)9-4/h14-17,20-21H,6-13,18-19H2,1-5H3,(H,38,43). The molecule has 8 nitrogen and oxygen atoms in total. The number of carbonyl (C=O) groups excluding carboxylic acids is 2. The predicted octanol–water partition coefficient (Wildman–Crippen LogP) is 7.19. The van der Waals surface area contributed by atoms with Crippen LogP contribution in [0.2, 0.25) is 0 Å². The molecule has 0 saturated carbocycles. The van der Waals surface area contributed by atoms with Crippen molar-refractivity contribution >= 4 is 28.6 Å². The van der Waals surface area contributed by atoms with Crippen LogP contribution in [0.3, 0.4) is 0 Å². The molecule has 45 heavy (non-hydrogen) atoms. The Labute approximate surface area is 261 Å². The number of amides is 3. The lowest BCUT2D eigenvalue weighted by molar-refractivity contribution is -0.136. The number of aryl methyl sites for hydroxylation is 2. The van der Waals surface area contributed by atoms with E-state index in [9.17, 15) is 27.6 Å². The van der Waals surface area contributed by atoms with E-state index in [0.717, 1.165) is 18.8 Å². The summed E-state index contributed by atoms with van der Waals surface area (Å²) in [5.74, 6) is 0.105. The zero-order chi connectivity index (χ0) is 32.9. The summed E-state index contributed by atoms with van der Waals surface area (Å²) >= 11 is 0. The second-order valence-electron chi connectivity index (χ2n) is 11.5. The molecule has 1 aliphatic heterocycles. The maximum atomic E-state index is 13.9. The van der Waals surface area contributed by atoms with Crippen LogP contribution in [0.15, 0.2) is 45.6 Å². The normalized spacial score (nSPS) is 16.8. The first-order chi connectivity index (χ1) is 21.4. The van der Waals surface area contributed by atoms with E-state index in [2.05, 4.69) is 24.1 Å². The average Bonchev–Trinajstić information content (AvgIpc) is 3.22. The van der Waals surface area contributed by atoms with Crippen LogP contribution in [-0.2, 0) is 29.4 Å². The van der Waals surface area contributed by atoms with E-state index in [-0.39, 0.29) is 30.0 Å². The molecule has 1 aromatic heterocycles. The van der Waals surface area contributed by atoms with Gasteiger partial charge in [0.15, 0.2) is 0 Å². The number of rotatable bonds is 14. The van der Waals surface area contributed by atoms with E-state index < -0.39 is 28.9 Å². The quantitative estimate of drug-likeness (QED) is 0.115. The Bertz CT molecular complexity index is 1580. The Balaban J connectivity index is 1.47. The van der Waals surface area contributed by atoms with Crippen molar-refractivity contribution in [3.8, 4) is 5.75 Å². The van der Waals surface area contributed by atoms with Crippen LogP contribution in [0.1, 0.15) is 82.6 Å². The third-order valence-electron chi connectivity index (χ3n) is 8.35. The van der Waals surface area contributed by atoms with Crippen molar-refractivity contribution in [1.29, 1.82) is 0 Å². The van der Waals surface area contributed by atoms with Gasteiger partial charge in [-0.15, -0.1) is 0 Å². The SMILES string of the molecule is CCCc1cc2c(C(F)(F)F)cc(=O)oc2c(CCC)c1OCCCCN1C(=O)NC(C)(c2ccc(N(CC)CC)cc2)C1=O. The van der Waals surface area contributed by atoms with Gasteiger partial charge in [0, 0.05) is 42.3 Å². The van der Waals surface area contributed by atoms with Gasteiger partial charge in [0.25, 0.3) is 5.91 Å². The first-order valence-corrected chi connectivity index (χ1v) is 15.7. The van der Waals surface area contributed by atoms with Crippen molar-refractivity contribution in [3.63, 3.8) is 0 Å². The average molecular weight is 630 g/mol. The molecule has 1 unspecified atom stereocenters. The van der Waals surface area contributed by atoms with E-state index >= 15 is 0 Å². The van der Waals surface area contributed by atoms with Gasteiger partial charge in [-0.3, -0.25) is 9.69 Å². The van der Waals surface area contributed by atoms with Crippen molar-refractivity contribution in [2.75, 3.05) is 31.1 Å². The van der Waals surface area contributed by atoms with E-state index in [1.807, 2.05) is 38.1 Å². The van der Waals surface area contributed by atoms with Gasteiger partial charge in [-0.25, -0.2) is 9.59 Å². The summed E-state index contributed by atoms with van der Waals surface area (Å²) < 4.78 is 53.1. The molecule has 1 fully saturated rings. The highest BCUT2D eigenvalue weighted by Gasteiger charge is 2.48. The number of hydrogen-bond donors (Lipinski definition) is 1. The Morgan fingerprint density at radius 3 is 2.22 bits per heavy atom. The molecule has 1 aliphatic rings. The summed E-state index contributed by atoms with van der Waals surface area (Å²) in [5, 5.41) is 2.70. The lowest BCUT2D eigenvalue weighted by atomic mass is 9.91. The molecule has 0 bridgehead atoms. The fraction of sp³-hybridized carbons (Fsp3) is 0.500. The van der Waals surface area contributed by atoms with Gasteiger partial charge in [0.2, 0.25) is 0 Å². The number of carbonyl (C=O) groups is 2. The molecule has 2 heterocycles. The number of hydrogen-bond acceptors (Lipinski definition) is 6. The molecule has 1 N–H and O–H groups in total. The highest BCUT2D eigenvalue weighted by Crippen LogP contribution is 2.40. The van der Waals surface area contributed by atoms with Crippen molar-refractivity contribution in [3.05, 3.63) is 69.1 Å². The van der Waals surface area contributed by atoms with Gasteiger partial charge >= 0.3 is 17.8 Å². The molecule has 0 aliphatic carbocycles. The monoisotopic (exact) mass is 629 g/mol. The van der Waals surface area contributed by atoms with Crippen molar-refractivity contribution in [2.24, 2.45) is 0 Å². The largest absolute Gasteiger partial charge is 0.493 e. The van der Waals surface area contributed by atoms with E-state index in [0.29, 0.717) is 67.0 Å². The molecular weight excluding hydrogens is 587 g/mol. The number of unbranched alkanes of at least 4 members (excludes halogenated alkanes) is 1. The molecule has 0 radical (unpaired) electrons. The predicted molar refractivity (Wildman–Crippen MR) is 168 cm³/mol. The summed E-state index contributed by atoms with van der Waals surface area (Å²) in [5.41, 5.74) is -0.565.